The second-order valence-electron chi connectivity index (χ2n) is 5.37. The number of guanidine groups is 1. The minimum atomic E-state index is -0.117. The van der Waals surface area contributed by atoms with Gasteiger partial charge >= 0.3 is 0 Å². The highest BCUT2D eigenvalue weighted by Gasteiger charge is 2.13. The summed E-state index contributed by atoms with van der Waals surface area (Å²) in [6.45, 7) is 2.10. The van der Waals surface area contributed by atoms with Crippen molar-refractivity contribution in [3.8, 4) is 0 Å². The molecule has 2 aromatic rings. The zero-order chi connectivity index (χ0) is 17.9. The molecular formula is C18H23N5OS. The van der Waals surface area contributed by atoms with Crippen molar-refractivity contribution >= 4 is 23.3 Å². The van der Waals surface area contributed by atoms with E-state index in [9.17, 15) is 0 Å². The predicted octanol–water partition coefficient (Wildman–Crippen LogP) is 1.91. The molecule has 0 aliphatic carbocycles. The van der Waals surface area contributed by atoms with E-state index >= 15 is 0 Å². The van der Waals surface area contributed by atoms with Crippen molar-refractivity contribution in [2.75, 3.05) is 19.8 Å². The van der Waals surface area contributed by atoms with Crippen molar-refractivity contribution in [1.82, 2.24) is 15.2 Å². The first kappa shape index (κ1) is 18.8. The highest BCUT2D eigenvalue weighted by molar-refractivity contribution is 7.80. The number of nitrogens with two attached hydrogens (primary N) is 1. The molecule has 0 spiro atoms. The van der Waals surface area contributed by atoms with Crippen molar-refractivity contribution in [2.24, 2.45) is 5.73 Å². The fourth-order valence-electron chi connectivity index (χ4n) is 2.18. The quantitative estimate of drug-likeness (QED) is 0.290. The fourth-order valence-corrected chi connectivity index (χ4v) is 2.45. The van der Waals surface area contributed by atoms with Gasteiger partial charge in [-0.1, -0.05) is 36.4 Å². The Morgan fingerprint density at radius 1 is 1.16 bits per heavy atom. The first-order valence-electron chi connectivity index (χ1n) is 8.08. The second-order valence-corrected chi connectivity index (χ2v) is 5.76. The monoisotopic (exact) mass is 357 g/mol. The molecule has 0 bridgehead atoms. The SMILES string of the molecule is N=C(N)N(Cc1ccccn1)C(=S)NCCOCCc1ccccc1. The van der Waals surface area contributed by atoms with Crippen LogP contribution in [0.15, 0.2) is 54.7 Å². The Bertz CT molecular complexity index is 666. The number of ether oxygens (including phenoxy) is 1. The van der Waals surface area contributed by atoms with Gasteiger partial charge in [0, 0.05) is 12.7 Å². The Kier molecular flexibility index (Phi) is 7.81. The highest BCUT2D eigenvalue weighted by atomic mass is 32.1. The molecular weight excluding hydrogens is 334 g/mol. The molecule has 132 valence electrons. The Morgan fingerprint density at radius 3 is 2.60 bits per heavy atom. The van der Waals surface area contributed by atoms with Crippen LogP contribution < -0.4 is 11.1 Å². The lowest BCUT2D eigenvalue weighted by Crippen LogP contribution is -2.47. The van der Waals surface area contributed by atoms with E-state index in [0.29, 0.717) is 31.4 Å². The Balaban J connectivity index is 1.67. The zero-order valence-electron chi connectivity index (χ0n) is 14.0. The standard InChI is InChI=1S/C18H23N5OS/c19-17(20)23(14-16-8-4-5-10-21-16)18(25)22-11-13-24-12-9-15-6-2-1-3-7-15/h1-8,10H,9,11-14H2,(H3,19,20)(H,22,25). The molecule has 1 aromatic carbocycles. The summed E-state index contributed by atoms with van der Waals surface area (Å²) in [6, 6.07) is 15.8. The normalized spacial score (nSPS) is 10.2. The number of rotatable bonds is 8. The summed E-state index contributed by atoms with van der Waals surface area (Å²) in [5.74, 6) is -0.117. The third kappa shape index (κ3) is 6.86. The van der Waals surface area contributed by atoms with Crippen LogP contribution in [0.3, 0.4) is 0 Å². The van der Waals surface area contributed by atoms with Crippen LogP contribution >= 0.6 is 12.2 Å². The van der Waals surface area contributed by atoms with Crippen molar-refractivity contribution in [1.29, 1.82) is 5.41 Å². The molecule has 0 unspecified atom stereocenters. The molecule has 0 saturated heterocycles. The van der Waals surface area contributed by atoms with Gasteiger partial charge in [-0.15, -0.1) is 0 Å². The maximum Gasteiger partial charge on any atom is 0.195 e. The summed E-state index contributed by atoms with van der Waals surface area (Å²) >= 11 is 5.32. The fraction of sp³-hybridized carbons (Fsp3) is 0.278. The third-order valence-electron chi connectivity index (χ3n) is 3.48. The van der Waals surface area contributed by atoms with Crippen LogP contribution in [0.2, 0.25) is 0 Å². The van der Waals surface area contributed by atoms with Gasteiger partial charge in [0.1, 0.15) is 0 Å². The van der Waals surface area contributed by atoms with E-state index in [1.54, 1.807) is 6.20 Å². The number of hydrogen-bond acceptors (Lipinski definition) is 4. The summed E-state index contributed by atoms with van der Waals surface area (Å²) in [4.78, 5) is 5.73. The zero-order valence-corrected chi connectivity index (χ0v) is 14.8. The molecule has 0 atom stereocenters. The summed E-state index contributed by atoms with van der Waals surface area (Å²) in [6.07, 6.45) is 2.58. The molecule has 1 aromatic heterocycles. The smallest absolute Gasteiger partial charge is 0.195 e. The summed E-state index contributed by atoms with van der Waals surface area (Å²) in [5, 5.41) is 11.2. The lowest BCUT2D eigenvalue weighted by molar-refractivity contribution is 0.141. The molecule has 0 amide bonds. The van der Waals surface area contributed by atoms with Crippen molar-refractivity contribution in [2.45, 2.75) is 13.0 Å². The Labute approximate surface area is 153 Å². The van der Waals surface area contributed by atoms with Gasteiger partial charge in [-0.3, -0.25) is 15.3 Å². The first-order chi connectivity index (χ1) is 12.2. The van der Waals surface area contributed by atoms with Gasteiger partial charge < -0.3 is 15.8 Å². The molecule has 0 fully saturated rings. The topological polar surface area (TPSA) is 87.3 Å². The summed E-state index contributed by atoms with van der Waals surface area (Å²) < 4.78 is 5.61. The van der Waals surface area contributed by atoms with Gasteiger partial charge in [0.15, 0.2) is 11.1 Å². The molecule has 0 radical (unpaired) electrons. The molecule has 0 saturated carbocycles. The number of aromatic nitrogens is 1. The molecule has 6 nitrogen and oxygen atoms in total. The van der Waals surface area contributed by atoms with Gasteiger partial charge in [-0.2, -0.15) is 0 Å². The maximum atomic E-state index is 7.69. The van der Waals surface area contributed by atoms with Crippen molar-refractivity contribution < 1.29 is 4.74 Å². The average Bonchev–Trinajstić information content (AvgIpc) is 2.64. The molecule has 2 rings (SSSR count). The molecule has 0 aliphatic rings. The van der Waals surface area contributed by atoms with Gasteiger partial charge in [0.2, 0.25) is 0 Å². The Hall–Kier alpha value is -2.51. The summed E-state index contributed by atoms with van der Waals surface area (Å²) in [7, 11) is 0. The highest BCUT2D eigenvalue weighted by Crippen LogP contribution is 2.02. The lowest BCUT2D eigenvalue weighted by Gasteiger charge is -2.23. The first-order valence-corrected chi connectivity index (χ1v) is 8.48. The van der Waals surface area contributed by atoms with Gasteiger partial charge in [-0.25, -0.2) is 0 Å². The van der Waals surface area contributed by atoms with Crippen molar-refractivity contribution in [3.05, 3.63) is 66.0 Å². The number of pyridine rings is 1. The van der Waals surface area contributed by atoms with E-state index in [1.165, 1.54) is 10.5 Å². The Morgan fingerprint density at radius 2 is 1.92 bits per heavy atom. The minimum absolute atomic E-state index is 0.117. The molecule has 0 aliphatic heterocycles. The number of nitrogens with zero attached hydrogens (tertiary/aromatic N) is 2. The molecule has 25 heavy (non-hydrogen) atoms. The van der Waals surface area contributed by atoms with E-state index in [0.717, 1.165) is 12.1 Å². The van der Waals surface area contributed by atoms with Crippen LogP contribution in [0.25, 0.3) is 0 Å². The summed E-state index contributed by atoms with van der Waals surface area (Å²) in [5.41, 5.74) is 7.67. The maximum absolute atomic E-state index is 7.69. The van der Waals surface area contributed by atoms with E-state index in [4.69, 9.17) is 28.1 Å². The van der Waals surface area contributed by atoms with Crippen LogP contribution in [0.1, 0.15) is 11.3 Å². The van der Waals surface area contributed by atoms with E-state index in [2.05, 4.69) is 22.4 Å². The number of hydrogen-bond donors (Lipinski definition) is 3. The lowest BCUT2D eigenvalue weighted by atomic mass is 10.2. The predicted molar refractivity (Wildman–Crippen MR) is 103 cm³/mol. The number of benzene rings is 1. The van der Waals surface area contributed by atoms with Crippen LogP contribution in [0.5, 0.6) is 0 Å². The third-order valence-corrected chi connectivity index (χ3v) is 3.85. The van der Waals surface area contributed by atoms with Gasteiger partial charge in [0.25, 0.3) is 0 Å². The molecule has 7 heteroatoms. The van der Waals surface area contributed by atoms with E-state index < -0.39 is 0 Å². The van der Waals surface area contributed by atoms with E-state index in [-0.39, 0.29) is 5.96 Å². The minimum Gasteiger partial charge on any atom is -0.379 e. The molecule has 4 N–H and O–H groups in total. The van der Waals surface area contributed by atoms with Crippen LogP contribution in [-0.4, -0.2) is 40.7 Å². The van der Waals surface area contributed by atoms with Gasteiger partial charge in [-0.05, 0) is 36.3 Å². The average molecular weight is 357 g/mol. The largest absolute Gasteiger partial charge is 0.379 e. The van der Waals surface area contributed by atoms with Crippen LogP contribution in [0.4, 0.5) is 0 Å². The van der Waals surface area contributed by atoms with Crippen LogP contribution in [0, 0.1) is 5.41 Å². The number of nitrogens with one attached hydrogen (secondary N) is 2. The number of thiocarbonyl (C=S) groups is 1. The van der Waals surface area contributed by atoms with Crippen LogP contribution in [-0.2, 0) is 17.7 Å². The molecule has 1 heterocycles. The van der Waals surface area contributed by atoms with E-state index in [1.807, 2.05) is 36.4 Å². The second kappa shape index (κ2) is 10.4. The van der Waals surface area contributed by atoms with Gasteiger partial charge in [0.05, 0.1) is 25.5 Å². The van der Waals surface area contributed by atoms with Crippen molar-refractivity contribution in [3.63, 3.8) is 0 Å².